The number of nitrogens with one attached hydrogen (secondary N) is 1. The number of nitrogens with zero attached hydrogens (tertiary/aromatic N) is 3. The molecule has 6 nitrogen and oxygen atoms in total. The van der Waals surface area contributed by atoms with E-state index >= 15 is 0 Å². The lowest BCUT2D eigenvalue weighted by molar-refractivity contribution is -0.384. The van der Waals surface area contributed by atoms with Crippen LogP contribution in [0.4, 0.5) is 20.2 Å². The lowest BCUT2D eigenvalue weighted by Gasteiger charge is -2.10. The van der Waals surface area contributed by atoms with Crippen molar-refractivity contribution in [3.8, 4) is 0 Å². The summed E-state index contributed by atoms with van der Waals surface area (Å²) in [5.41, 5.74) is -0.227. The van der Waals surface area contributed by atoms with E-state index in [-0.39, 0.29) is 6.54 Å². The molecule has 1 aromatic heterocycles. The number of anilines is 1. The van der Waals surface area contributed by atoms with Crippen molar-refractivity contribution in [3.63, 3.8) is 0 Å². The topological polar surface area (TPSA) is 73.0 Å². The van der Waals surface area contributed by atoms with Gasteiger partial charge in [-0.3, -0.25) is 10.1 Å². The predicted octanol–water partition coefficient (Wildman–Crippen LogP) is 3.09. The fraction of sp³-hybridized carbons (Fsp3) is 0.308. The van der Waals surface area contributed by atoms with E-state index in [9.17, 15) is 18.9 Å². The van der Waals surface area contributed by atoms with Gasteiger partial charge in [-0.2, -0.15) is 0 Å². The van der Waals surface area contributed by atoms with Crippen molar-refractivity contribution >= 4 is 11.4 Å². The zero-order chi connectivity index (χ0) is 15.4. The fourth-order valence-corrected chi connectivity index (χ4v) is 1.98. The molecular formula is C13H14F2N4O2. The summed E-state index contributed by atoms with van der Waals surface area (Å²) >= 11 is 0. The van der Waals surface area contributed by atoms with E-state index in [2.05, 4.69) is 10.3 Å². The van der Waals surface area contributed by atoms with E-state index < -0.39 is 27.9 Å². The first-order chi connectivity index (χ1) is 10.0. The number of aromatic nitrogens is 2. The highest BCUT2D eigenvalue weighted by molar-refractivity contribution is 5.62. The van der Waals surface area contributed by atoms with Gasteiger partial charge in [0, 0.05) is 18.8 Å². The molecule has 0 aliphatic heterocycles. The Morgan fingerprint density at radius 2 is 2.19 bits per heavy atom. The molecule has 0 atom stereocenters. The van der Waals surface area contributed by atoms with Gasteiger partial charge in [-0.25, -0.2) is 13.8 Å². The van der Waals surface area contributed by atoms with Crippen molar-refractivity contribution in [2.24, 2.45) is 0 Å². The Kier molecular flexibility index (Phi) is 4.46. The second-order valence-corrected chi connectivity index (χ2v) is 4.44. The minimum Gasteiger partial charge on any atom is -0.371 e. The smallest absolute Gasteiger partial charge is 0.295 e. The Morgan fingerprint density at radius 3 is 2.86 bits per heavy atom. The highest BCUT2D eigenvalue weighted by Gasteiger charge is 2.21. The van der Waals surface area contributed by atoms with Crippen molar-refractivity contribution in [2.45, 2.75) is 26.4 Å². The Labute approximate surface area is 119 Å². The standard InChI is InChI=1S/C13H14F2N4O2/c1-2-5-18-8-16-6-9(18)7-17-13-11(19(20)21)4-3-10(14)12(13)15/h3-4,6,8,17H,2,5,7H2,1H3. The third kappa shape index (κ3) is 3.15. The van der Waals surface area contributed by atoms with Crippen molar-refractivity contribution in [1.29, 1.82) is 0 Å². The minimum absolute atomic E-state index is 0.112. The van der Waals surface area contributed by atoms with Gasteiger partial charge in [0.1, 0.15) is 0 Å². The summed E-state index contributed by atoms with van der Waals surface area (Å²) in [6.07, 6.45) is 4.08. The van der Waals surface area contributed by atoms with Gasteiger partial charge >= 0.3 is 0 Å². The second-order valence-electron chi connectivity index (χ2n) is 4.44. The highest BCUT2D eigenvalue weighted by Crippen LogP contribution is 2.29. The molecule has 1 N–H and O–H groups in total. The van der Waals surface area contributed by atoms with Crippen LogP contribution < -0.4 is 5.32 Å². The molecule has 0 amide bonds. The third-order valence-electron chi connectivity index (χ3n) is 2.98. The zero-order valence-electron chi connectivity index (χ0n) is 11.3. The minimum atomic E-state index is -1.26. The van der Waals surface area contributed by atoms with Crippen LogP contribution in [0.2, 0.25) is 0 Å². The highest BCUT2D eigenvalue weighted by atomic mass is 19.2. The molecule has 1 heterocycles. The SMILES string of the molecule is CCCn1cncc1CNc1c([N+](=O)[O-])ccc(F)c1F. The molecule has 0 spiro atoms. The summed E-state index contributed by atoms with van der Waals surface area (Å²) in [4.78, 5) is 14.1. The van der Waals surface area contributed by atoms with Gasteiger partial charge < -0.3 is 9.88 Å². The van der Waals surface area contributed by atoms with Crippen LogP contribution in [0.3, 0.4) is 0 Å². The van der Waals surface area contributed by atoms with Crippen LogP contribution in [0.25, 0.3) is 0 Å². The average molecular weight is 296 g/mol. The molecule has 0 fully saturated rings. The molecule has 0 saturated carbocycles. The molecular weight excluding hydrogens is 282 g/mol. The lowest BCUT2D eigenvalue weighted by atomic mass is 10.2. The quantitative estimate of drug-likeness (QED) is 0.656. The van der Waals surface area contributed by atoms with E-state index in [1.54, 1.807) is 12.5 Å². The van der Waals surface area contributed by atoms with Crippen molar-refractivity contribution in [1.82, 2.24) is 9.55 Å². The number of halogens is 2. The maximum Gasteiger partial charge on any atom is 0.295 e. The molecule has 0 radical (unpaired) electrons. The molecule has 0 saturated heterocycles. The van der Waals surface area contributed by atoms with Gasteiger partial charge in [0.15, 0.2) is 17.3 Å². The van der Waals surface area contributed by atoms with Gasteiger partial charge in [-0.05, 0) is 12.5 Å². The molecule has 0 unspecified atom stereocenters. The Bertz CT molecular complexity index is 658. The van der Waals surface area contributed by atoms with E-state index in [1.807, 2.05) is 11.5 Å². The normalized spacial score (nSPS) is 10.6. The molecule has 8 heteroatoms. The molecule has 1 aromatic carbocycles. The zero-order valence-corrected chi connectivity index (χ0v) is 11.3. The predicted molar refractivity (Wildman–Crippen MR) is 72.9 cm³/mol. The van der Waals surface area contributed by atoms with Crippen LogP contribution in [0.15, 0.2) is 24.7 Å². The molecule has 2 rings (SSSR count). The number of hydrogen-bond donors (Lipinski definition) is 1. The van der Waals surface area contributed by atoms with Crippen LogP contribution in [0, 0.1) is 21.7 Å². The lowest BCUT2D eigenvalue weighted by Crippen LogP contribution is -2.10. The molecule has 0 aliphatic carbocycles. The molecule has 21 heavy (non-hydrogen) atoms. The summed E-state index contributed by atoms with van der Waals surface area (Å²) in [7, 11) is 0. The Hall–Kier alpha value is -2.51. The monoisotopic (exact) mass is 296 g/mol. The van der Waals surface area contributed by atoms with Crippen molar-refractivity contribution in [3.05, 3.63) is 52.1 Å². The summed E-state index contributed by atoms with van der Waals surface area (Å²) in [5, 5.41) is 13.5. The number of imidazole rings is 1. The van der Waals surface area contributed by atoms with E-state index in [1.165, 1.54) is 0 Å². The first-order valence-corrected chi connectivity index (χ1v) is 6.39. The van der Waals surface area contributed by atoms with Crippen molar-refractivity contribution < 1.29 is 13.7 Å². The third-order valence-corrected chi connectivity index (χ3v) is 2.98. The van der Waals surface area contributed by atoms with Crippen LogP contribution in [0.1, 0.15) is 19.0 Å². The van der Waals surface area contributed by atoms with Gasteiger partial charge in [0.05, 0.1) is 23.5 Å². The summed E-state index contributed by atoms with van der Waals surface area (Å²) in [6, 6.07) is 1.67. The molecule has 0 bridgehead atoms. The largest absolute Gasteiger partial charge is 0.371 e. The van der Waals surface area contributed by atoms with Gasteiger partial charge in [-0.15, -0.1) is 0 Å². The van der Waals surface area contributed by atoms with E-state index in [0.717, 1.165) is 30.8 Å². The van der Waals surface area contributed by atoms with Crippen LogP contribution >= 0.6 is 0 Å². The molecule has 0 aliphatic rings. The Morgan fingerprint density at radius 1 is 1.43 bits per heavy atom. The van der Waals surface area contributed by atoms with Crippen LogP contribution in [-0.4, -0.2) is 14.5 Å². The number of rotatable bonds is 6. The van der Waals surface area contributed by atoms with Gasteiger partial charge in [-0.1, -0.05) is 6.92 Å². The molecule has 112 valence electrons. The average Bonchev–Trinajstić information content (AvgIpc) is 2.88. The van der Waals surface area contributed by atoms with Crippen LogP contribution in [-0.2, 0) is 13.1 Å². The number of aryl methyl sites for hydroxylation is 1. The molecule has 2 aromatic rings. The summed E-state index contributed by atoms with van der Waals surface area (Å²) < 4.78 is 28.8. The first kappa shape index (κ1) is 14.9. The summed E-state index contributed by atoms with van der Waals surface area (Å²) in [5.74, 6) is -2.39. The maximum absolute atomic E-state index is 13.7. The van der Waals surface area contributed by atoms with Gasteiger partial charge in [0.25, 0.3) is 5.69 Å². The number of hydrogen-bond acceptors (Lipinski definition) is 4. The first-order valence-electron chi connectivity index (χ1n) is 6.39. The Balaban J connectivity index is 2.25. The van der Waals surface area contributed by atoms with Crippen molar-refractivity contribution in [2.75, 3.05) is 5.32 Å². The number of benzene rings is 1. The maximum atomic E-state index is 13.7. The van der Waals surface area contributed by atoms with E-state index in [0.29, 0.717) is 0 Å². The fourth-order valence-electron chi connectivity index (χ4n) is 1.98. The van der Waals surface area contributed by atoms with Gasteiger partial charge in [0.2, 0.25) is 0 Å². The number of nitro groups is 1. The second kappa shape index (κ2) is 6.29. The van der Waals surface area contributed by atoms with Crippen LogP contribution in [0.5, 0.6) is 0 Å². The van der Waals surface area contributed by atoms with E-state index in [4.69, 9.17) is 0 Å². The number of nitro benzene ring substituents is 1. The summed E-state index contributed by atoms with van der Waals surface area (Å²) in [6.45, 7) is 2.83.